The molecule has 0 aliphatic carbocycles. The van der Waals surface area contributed by atoms with Gasteiger partial charge in [0.25, 0.3) is 0 Å². The van der Waals surface area contributed by atoms with E-state index in [2.05, 4.69) is 21.9 Å². The second-order valence-electron chi connectivity index (χ2n) is 1.99. The molecule has 0 aromatic heterocycles. The fourth-order valence-corrected chi connectivity index (χ4v) is 0.415. The van der Waals surface area contributed by atoms with Crippen LogP contribution in [0.3, 0.4) is 0 Å². The first-order chi connectivity index (χ1) is 5.18. The zero-order chi connectivity index (χ0) is 8.69. The van der Waals surface area contributed by atoms with Gasteiger partial charge in [-0.15, -0.1) is 0 Å². The third-order valence-electron chi connectivity index (χ3n) is 0.948. The molecule has 0 aromatic rings. The molecule has 0 fully saturated rings. The maximum absolute atomic E-state index is 10.8. The molecule has 5 nitrogen and oxygen atoms in total. The Morgan fingerprint density at radius 2 is 2.45 bits per heavy atom. The molecule has 0 radical (unpaired) electrons. The van der Waals surface area contributed by atoms with E-state index in [-0.39, 0.29) is 12.5 Å². The van der Waals surface area contributed by atoms with Gasteiger partial charge in [-0.3, -0.25) is 4.79 Å². The number of nitrogens with zero attached hydrogens (tertiary/aromatic N) is 3. The van der Waals surface area contributed by atoms with Crippen molar-refractivity contribution in [1.82, 2.24) is 5.32 Å². The third kappa shape index (κ3) is 4.99. The molecule has 0 atom stereocenters. The van der Waals surface area contributed by atoms with Crippen LogP contribution in [-0.2, 0) is 4.79 Å². The Morgan fingerprint density at radius 1 is 1.82 bits per heavy atom. The lowest BCUT2D eigenvalue weighted by Crippen LogP contribution is -2.26. The van der Waals surface area contributed by atoms with Crippen LogP contribution >= 0.6 is 0 Å². The molecule has 60 valence electrons. The summed E-state index contributed by atoms with van der Waals surface area (Å²) in [5.41, 5.74) is 8.32. The summed E-state index contributed by atoms with van der Waals surface area (Å²) >= 11 is 0. The van der Waals surface area contributed by atoms with Crippen molar-refractivity contribution in [2.75, 3.05) is 13.1 Å². The summed E-state index contributed by atoms with van der Waals surface area (Å²) in [6, 6.07) is 0. The zero-order valence-corrected chi connectivity index (χ0v) is 6.37. The van der Waals surface area contributed by atoms with Gasteiger partial charge in [0.2, 0.25) is 5.91 Å². The summed E-state index contributed by atoms with van der Waals surface area (Å²) in [5.74, 6) is -0.210. The van der Waals surface area contributed by atoms with Gasteiger partial charge in [0.15, 0.2) is 0 Å². The SMILES string of the molecule is C=C(C)C(=O)NCCN=[N+]=[N-]. The minimum atomic E-state index is -0.210. The molecule has 0 rings (SSSR count). The number of carbonyl (C=O) groups excluding carboxylic acids is 1. The Bertz CT molecular complexity index is 205. The quantitative estimate of drug-likeness (QED) is 0.212. The van der Waals surface area contributed by atoms with E-state index >= 15 is 0 Å². The predicted octanol–water partition coefficient (Wildman–Crippen LogP) is 0.989. The van der Waals surface area contributed by atoms with Gasteiger partial charge in [-0.2, -0.15) is 0 Å². The van der Waals surface area contributed by atoms with Gasteiger partial charge in [-0.1, -0.05) is 11.7 Å². The van der Waals surface area contributed by atoms with E-state index in [1.165, 1.54) is 0 Å². The standard InChI is InChI=1S/C6H10N4O/c1-5(2)6(11)8-3-4-9-10-7/h1,3-4H2,2H3,(H,8,11). The Labute approximate surface area is 64.7 Å². The molecular weight excluding hydrogens is 144 g/mol. The van der Waals surface area contributed by atoms with E-state index in [0.29, 0.717) is 12.1 Å². The van der Waals surface area contributed by atoms with Crippen LogP contribution in [0.4, 0.5) is 0 Å². The van der Waals surface area contributed by atoms with Crippen molar-refractivity contribution in [1.29, 1.82) is 0 Å². The van der Waals surface area contributed by atoms with Gasteiger partial charge in [-0.25, -0.2) is 0 Å². The molecule has 0 spiro atoms. The highest BCUT2D eigenvalue weighted by atomic mass is 16.1. The van der Waals surface area contributed by atoms with Gasteiger partial charge in [0.1, 0.15) is 0 Å². The molecule has 0 heterocycles. The van der Waals surface area contributed by atoms with E-state index in [1.807, 2.05) is 0 Å². The largest absolute Gasteiger partial charge is 0.352 e. The lowest BCUT2D eigenvalue weighted by atomic mass is 10.3. The summed E-state index contributed by atoms with van der Waals surface area (Å²) < 4.78 is 0. The summed E-state index contributed by atoms with van der Waals surface area (Å²) in [6.07, 6.45) is 0. The van der Waals surface area contributed by atoms with Crippen LogP contribution in [0.2, 0.25) is 0 Å². The molecule has 0 aliphatic heterocycles. The van der Waals surface area contributed by atoms with E-state index < -0.39 is 0 Å². The average Bonchev–Trinajstić information content (AvgIpc) is 1.97. The molecule has 11 heavy (non-hydrogen) atoms. The number of azide groups is 1. The zero-order valence-electron chi connectivity index (χ0n) is 6.37. The number of amides is 1. The van der Waals surface area contributed by atoms with Crippen molar-refractivity contribution in [2.24, 2.45) is 5.11 Å². The van der Waals surface area contributed by atoms with Crippen molar-refractivity contribution < 1.29 is 4.79 Å². The highest BCUT2D eigenvalue weighted by molar-refractivity contribution is 5.92. The van der Waals surface area contributed by atoms with Gasteiger partial charge in [0.05, 0.1) is 0 Å². The molecule has 0 aromatic carbocycles. The Hall–Kier alpha value is -1.48. The minimum absolute atomic E-state index is 0.210. The van der Waals surface area contributed by atoms with Crippen LogP contribution in [0.15, 0.2) is 17.3 Å². The van der Waals surface area contributed by atoms with Crippen molar-refractivity contribution in [3.63, 3.8) is 0 Å². The van der Waals surface area contributed by atoms with Crippen LogP contribution in [0.5, 0.6) is 0 Å². The first-order valence-electron chi connectivity index (χ1n) is 3.13. The monoisotopic (exact) mass is 154 g/mol. The van der Waals surface area contributed by atoms with Crippen LogP contribution in [0, 0.1) is 0 Å². The maximum atomic E-state index is 10.8. The van der Waals surface area contributed by atoms with Crippen molar-refractivity contribution >= 4 is 5.91 Å². The topological polar surface area (TPSA) is 77.9 Å². The molecular formula is C6H10N4O. The molecule has 0 bridgehead atoms. The molecule has 0 aliphatic rings. The maximum Gasteiger partial charge on any atom is 0.246 e. The lowest BCUT2D eigenvalue weighted by Gasteiger charge is -1.99. The van der Waals surface area contributed by atoms with Gasteiger partial charge in [-0.05, 0) is 12.5 Å². The van der Waals surface area contributed by atoms with E-state index in [4.69, 9.17) is 5.53 Å². The van der Waals surface area contributed by atoms with E-state index in [1.54, 1.807) is 6.92 Å². The number of carbonyl (C=O) groups is 1. The first kappa shape index (κ1) is 9.52. The first-order valence-corrected chi connectivity index (χ1v) is 3.13. The normalized spacial score (nSPS) is 8.09. The molecule has 1 N–H and O–H groups in total. The Balaban J connectivity index is 3.47. The number of hydrogen-bond donors (Lipinski definition) is 1. The third-order valence-corrected chi connectivity index (χ3v) is 0.948. The fraction of sp³-hybridized carbons (Fsp3) is 0.500. The van der Waals surface area contributed by atoms with Crippen molar-refractivity contribution in [3.8, 4) is 0 Å². The highest BCUT2D eigenvalue weighted by Gasteiger charge is 1.97. The summed E-state index contributed by atoms with van der Waals surface area (Å²) in [5, 5.41) is 5.75. The number of hydrogen-bond acceptors (Lipinski definition) is 2. The fourth-order valence-electron chi connectivity index (χ4n) is 0.415. The second kappa shape index (κ2) is 5.32. The Morgan fingerprint density at radius 3 is 2.91 bits per heavy atom. The van der Waals surface area contributed by atoms with Gasteiger partial charge < -0.3 is 5.32 Å². The summed E-state index contributed by atoms with van der Waals surface area (Å²) in [7, 11) is 0. The smallest absolute Gasteiger partial charge is 0.246 e. The predicted molar refractivity (Wildman–Crippen MR) is 41.8 cm³/mol. The van der Waals surface area contributed by atoms with Crippen LogP contribution < -0.4 is 5.32 Å². The molecule has 0 saturated heterocycles. The molecule has 5 heteroatoms. The van der Waals surface area contributed by atoms with Crippen LogP contribution in [-0.4, -0.2) is 19.0 Å². The van der Waals surface area contributed by atoms with Crippen LogP contribution in [0.25, 0.3) is 10.4 Å². The lowest BCUT2D eigenvalue weighted by molar-refractivity contribution is -0.117. The van der Waals surface area contributed by atoms with Crippen LogP contribution in [0.1, 0.15) is 6.92 Å². The molecule has 1 amide bonds. The number of nitrogens with one attached hydrogen (secondary N) is 1. The van der Waals surface area contributed by atoms with Gasteiger partial charge >= 0.3 is 0 Å². The van der Waals surface area contributed by atoms with E-state index in [9.17, 15) is 4.79 Å². The van der Waals surface area contributed by atoms with Gasteiger partial charge in [0, 0.05) is 23.6 Å². The minimum Gasteiger partial charge on any atom is -0.352 e. The van der Waals surface area contributed by atoms with E-state index in [0.717, 1.165) is 0 Å². The summed E-state index contributed by atoms with van der Waals surface area (Å²) in [4.78, 5) is 13.3. The highest BCUT2D eigenvalue weighted by Crippen LogP contribution is 1.84. The Kier molecular flexibility index (Phi) is 4.60. The molecule has 0 unspecified atom stereocenters. The number of rotatable bonds is 4. The summed E-state index contributed by atoms with van der Waals surface area (Å²) in [6.45, 7) is 5.68. The van der Waals surface area contributed by atoms with Crippen molar-refractivity contribution in [3.05, 3.63) is 22.6 Å². The molecule has 0 saturated carbocycles. The second-order valence-corrected chi connectivity index (χ2v) is 1.99. The average molecular weight is 154 g/mol. The van der Waals surface area contributed by atoms with Crippen molar-refractivity contribution in [2.45, 2.75) is 6.92 Å².